The Kier molecular flexibility index (Phi) is 7.76. The fourth-order valence-electron chi connectivity index (χ4n) is 3.96. The Labute approximate surface area is 201 Å². The molecule has 34 heavy (non-hydrogen) atoms. The van der Waals surface area contributed by atoms with Crippen molar-refractivity contribution >= 4 is 27.7 Å². The standard InChI is InChI=1S/C25H31N3O5S/c1-17(2)26-24(30)19(4)27(16-20-10-7-9-18(3)15-20)23(29)13-8-14-28-25(31)21-11-5-6-12-22(21)34(28,32)33/h5-7,9-12,15,17,19H,8,13-14,16H2,1-4H3,(H,26,30)/t19-/m1/s1. The minimum Gasteiger partial charge on any atom is -0.352 e. The molecule has 8 nitrogen and oxygen atoms in total. The van der Waals surface area contributed by atoms with Gasteiger partial charge in [0.15, 0.2) is 0 Å². The zero-order chi connectivity index (χ0) is 25.0. The number of nitrogens with zero attached hydrogens (tertiary/aromatic N) is 2. The summed E-state index contributed by atoms with van der Waals surface area (Å²) in [6, 6.07) is 13.0. The summed E-state index contributed by atoms with van der Waals surface area (Å²) in [5.41, 5.74) is 2.08. The van der Waals surface area contributed by atoms with Crippen LogP contribution in [0.15, 0.2) is 53.4 Å². The summed E-state index contributed by atoms with van der Waals surface area (Å²) in [6.07, 6.45) is 0.154. The van der Waals surface area contributed by atoms with Crippen LogP contribution < -0.4 is 5.32 Å². The maximum atomic E-state index is 13.2. The van der Waals surface area contributed by atoms with Gasteiger partial charge in [0.1, 0.15) is 10.9 Å². The Balaban J connectivity index is 1.71. The van der Waals surface area contributed by atoms with E-state index in [0.29, 0.717) is 0 Å². The van der Waals surface area contributed by atoms with Crippen molar-refractivity contribution < 1.29 is 22.8 Å². The molecule has 0 fully saturated rings. The second-order valence-corrected chi connectivity index (χ2v) is 10.7. The zero-order valence-corrected chi connectivity index (χ0v) is 20.8. The molecule has 0 spiro atoms. The molecule has 0 saturated carbocycles. The number of hydrogen-bond donors (Lipinski definition) is 1. The van der Waals surface area contributed by atoms with Gasteiger partial charge in [-0.1, -0.05) is 42.0 Å². The maximum Gasteiger partial charge on any atom is 0.269 e. The highest BCUT2D eigenvalue weighted by Crippen LogP contribution is 2.30. The summed E-state index contributed by atoms with van der Waals surface area (Å²) in [5, 5.41) is 2.84. The van der Waals surface area contributed by atoms with Gasteiger partial charge in [-0.15, -0.1) is 0 Å². The first-order chi connectivity index (χ1) is 16.0. The monoisotopic (exact) mass is 485 g/mol. The number of amides is 3. The summed E-state index contributed by atoms with van der Waals surface area (Å²) < 4.78 is 26.3. The van der Waals surface area contributed by atoms with E-state index < -0.39 is 22.0 Å². The lowest BCUT2D eigenvalue weighted by molar-refractivity contribution is -0.140. The highest BCUT2D eigenvalue weighted by atomic mass is 32.2. The molecule has 3 amide bonds. The van der Waals surface area contributed by atoms with Crippen LogP contribution in [0.2, 0.25) is 0 Å². The highest BCUT2D eigenvalue weighted by molar-refractivity contribution is 7.90. The molecule has 0 radical (unpaired) electrons. The third-order valence-corrected chi connectivity index (χ3v) is 7.54. The highest BCUT2D eigenvalue weighted by Gasteiger charge is 2.40. The van der Waals surface area contributed by atoms with Crippen molar-refractivity contribution in [2.75, 3.05) is 6.54 Å². The quantitative estimate of drug-likeness (QED) is 0.588. The van der Waals surface area contributed by atoms with Crippen LogP contribution in [0.5, 0.6) is 0 Å². The van der Waals surface area contributed by atoms with Crippen molar-refractivity contribution in [1.82, 2.24) is 14.5 Å². The summed E-state index contributed by atoms with van der Waals surface area (Å²) >= 11 is 0. The van der Waals surface area contributed by atoms with Crippen LogP contribution in [-0.2, 0) is 26.2 Å². The van der Waals surface area contributed by atoms with Crippen LogP contribution in [0, 0.1) is 6.92 Å². The number of nitrogens with one attached hydrogen (secondary N) is 1. The van der Waals surface area contributed by atoms with E-state index in [1.54, 1.807) is 19.1 Å². The molecule has 2 aromatic rings. The first-order valence-corrected chi connectivity index (χ1v) is 12.8. The Hall–Kier alpha value is -3.20. The van der Waals surface area contributed by atoms with Crippen molar-refractivity contribution in [2.24, 2.45) is 0 Å². The van der Waals surface area contributed by atoms with Crippen molar-refractivity contribution in [2.45, 2.75) is 64.1 Å². The van der Waals surface area contributed by atoms with Gasteiger partial charge in [0.05, 0.1) is 5.56 Å². The fraction of sp³-hybridized carbons (Fsp3) is 0.400. The second kappa shape index (κ2) is 10.4. The Morgan fingerprint density at radius 1 is 1.06 bits per heavy atom. The largest absolute Gasteiger partial charge is 0.352 e. The zero-order valence-electron chi connectivity index (χ0n) is 19.9. The molecule has 0 saturated heterocycles. The van der Waals surface area contributed by atoms with Gasteiger partial charge in [0.2, 0.25) is 11.8 Å². The SMILES string of the molecule is Cc1cccc(CN(C(=O)CCCN2C(=O)c3ccccc3S2(=O)=O)[C@H](C)C(=O)NC(C)C)c1. The van der Waals surface area contributed by atoms with Gasteiger partial charge in [-0.3, -0.25) is 14.4 Å². The van der Waals surface area contributed by atoms with E-state index in [9.17, 15) is 22.8 Å². The Morgan fingerprint density at radius 3 is 2.41 bits per heavy atom. The molecule has 0 unspecified atom stereocenters. The molecule has 1 atom stereocenters. The van der Waals surface area contributed by atoms with Crippen LogP contribution in [0.1, 0.15) is 55.1 Å². The van der Waals surface area contributed by atoms with E-state index in [1.165, 1.54) is 17.0 Å². The molecule has 2 aromatic carbocycles. The third-order valence-electron chi connectivity index (χ3n) is 5.70. The summed E-state index contributed by atoms with van der Waals surface area (Å²) in [6.45, 7) is 7.48. The van der Waals surface area contributed by atoms with E-state index in [0.717, 1.165) is 15.4 Å². The molecular weight excluding hydrogens is 454 g/mol. The maximum absolute atomic E-state index is 13.2. The van der Waals surface area contributed by atoms with Gasteiger partial charge in [-0.2, -0.15) is 0 Å². The first kappa shape index (κ1) is 25.4. The minimum absolute atomic E-state index is 0.000753. The smallest absolute Gasteiger partial charge is 0.269 e. The molecule has 182 valence electrons. The lowest BCUT2D eigenvalue weighted by atomic mass is 10.1. The fourth-order valence-corrected chi connectivity index (χ4v) is 5.57. The third kappa shape index (κ3) is 5.47. The van der Waals surface area contributed by atoms with Crippen LogP contribution >= 0.6 is 0 Å². The molecular formula is C25H31N3O5S. The number of carbonyl (C=O) groups is 3. The Morgan fingerprint density at radius 2 is 1.76 bits per heavy atom. The summed E-state index contributed by atoms with van der Waals surface area (Å²) in [4.78, 5) is 39.9. The van der Waals surface area contributed by atoms with Gasteiger partial charge in [0.25, 0.3) is 15.9 Å². The first-order valence-electron chi connectivity index (χ1n) is 11.3. The van der Waals surface area contributed by atoms with E-state index in [1.807, 2.05) is 45.0 Å². The molecule has 0 bridgehead atoms. The molecule has 1 aliphatic heterocycles. The molecule has 1 N–H and O–H groups in total. The summed E-state index contributed by atoms with van der Waals surface area (Å²) in [7, 11) is -3.92. The number of benzene rings is 2. The topological polar surface area (TPSA) is 104 Å². The molecule has 0 aliphatic carbocycles. The number of aryl methyl sites for hydroxylation is 1. The Bertz CT molecular complexity index is 1190. The number of sulfonamides is 1. The van der Waals surface area contributed by atoms with Crippen molar-refractivity contribution in [3.8, 4) is 0 Å². The van der Waals surface area contributed by atoms with Gasteiger partial charge in [0, 0.05) is 25.6 Å². The number of carbonyl (C=O) groups excluding carboxylic acids is 3. The van der Waals surface area contributed by atoms with Gasteiger partial charge in [-0.25, -0.2) is 12.7 Å². The average Bonchev–Trinajstić information content (AvgIpc) is 2.97. The normalized spacial score (nSPS) is 15.2. The molecule has 1 aliphatic rings. The summed E-state index contributed by atoms with van der Waals surface area (Å²) in [5.74, 6) is -1.12. The lowest BCUT2D eigenvalue weighted by Gasteiger charge is -2.29. The number of rotatable bonds is 9. The van der Waals surface area contributed by atoms with Crippen LogP contribution in [0.25, 0.3) is 0 Å². The minimum atomic E-state index is -3.92. The predicted molar refractivity (Wildman–Crippen MR) is 128 cm³/mol. The van der Waals surface area contributed by atoms with Crippen LogP contribution in [0.3, 0.4) is 0 Å². The predicted octanol–water partition coefficient (Wildman–Crippen LogP) is 2.86. The second-order valence-electron chi connectivity index (χ2n) is 8.83. The van der Waals surface area contributed by atoms with Gasteiger partial charge in [-0.05, 0) is 51.8 Å². The number of hydrogen-bond acceptors (Lipinski definition) is 5. The van der Waals surface area contributed by atoms with E-state index in [4.69, 9.17) is 0 Å². The van der Waals surface area contributed by atoms with E-state index in [-0.39, 0.29) is 54.2 Å². The van der Waals surface area contributed by atoms with Crippen LogP contribution in [0.4, 0.5) is 0 Å². The van der Waals surface area contributed by atoms with Crippen molar-refractivity contribution in [1.29, 1.82) is 0 Å². The number of fused-ring (bicyclic) bond motifs is 1. The van der Waals surface area contributed by atoms with Crippen LogP contribution in [-0.4, -0.2) is 54.0 Å². The molecule has 1 heterocycles. The van der Waals surface area contributed by atoms with E-state index >= 15 is 0 Å². The van der Waals surface area contributed by atoms with Gasteiger partial charge >= 0.3 is 0 Å². The van der Waals surface area contributed by atoms with Crippen molar-refractivity contribution in [3.05, 3.63) is 65.2 Å². The molecule has 9 heteroatoms. The average molecular weight is 486 g/mol. The molecule has 0 aromatic heterocycles. The molecule has 3 rings (SSSR count). The van der Waals surface area contributed by atoms with Gasteiger partial charge < -0.3 is 10.2 Å². The van der Waals surface area contributed by atoms with E-state index in [2.05, 4.69) is 5.32 Å². The lowest BCUT2D eigenvalue weighted by Crippen LogP contribution is -2.49. The van der Waals surface area contributed by atoms with Crippen molar-refractivity contribution in [3.63, 3.8) is 0 Å².